The molecule has 1 heterocycles. The predicted molar refractivity (Wildman–Crippen MR) is 76.4 cm³/mol. The van der Waals surface area contributed by atoms with Crippen molar-refractivity contribution >= 4 is 49.5 Å². The minimum absolute atomic E-state index is 0.207. The van der Waals surface area contributed by atoms with E-state index in [1.54, 1.807) is 18.2 Å². The summed E-state index contributed by atoms with van der Waals surface area (Å²) in [7, 11) is -4.73. The number of amides is 1. The Labute approximate surface area is 128 Å². The normalized spacial score (nSPS) is 19.1. The number of anilines is 1. The lowest BCUT2D eigenvalue weighted by Gasteiger charge is -2.18. The van der Waals surface area contributed by atoms with E-state index in [9.17, 15) is 17.1 Å². The summed E-state index contributed by atoms with van der Waals surface area (Å²) in [6.45, 7) is -0.207. The molecule has 1 aromatic carbocycles. The highest BCUT2D eigenvalue weighted by atomic mass is 79.9. The number of halogens is 2. The molecule has 106 valence electrons. The monoisotopic (exact) mass is 378 g/mol. The molecule has 1 fully saturated rings. The lowest BCUT2D eigenvalue weighted by atomic mass is 10.3. The first-order valence-corrected chi connectivity index (χ1v) is 8.48. The van der Waals surface area contributed by atoms with Crippen LogP contribution < -0.4 is 4.90 Å². The molecule has 9 heteroatoms. The molecular weight excluding hydrogens is 371 g/mol. The Hall–Kier alpha value is -1.11. The quantitative estimate of drug-likeness (QED) is 0.458. The Kier molecular flexibility index (Phi) is 4.36. The van der Waals surface area contributed by atoms with Crippen LogP contribution in [0.1, 0.15) is 6.42 Å². The lowest BCUT2D eigenvalue weighted by Crippen LogP contribution is -2.27. The van der Waals surface area contributed by atoms with Crippen molar-refractivity contribution in [2.24, 2.45) is 0 Å². The van der Waals surface area contributed by atoms with E-state index in [0.717, 1.165) is 11.8 Å². The van der Waals surface area contributed by atoms with Crippen molar-refractivity contribution < 1.29 is 17.1 Å². The molecule has 1 atom stereocenters. The van der Waals surface area contributed by atoms with Gasteiger partial charge in [0.1, 0.15) is 10.7 Å². The number of carbonyl (C=O) groups is 1. The average Bonchev–Trinajstić information content (AvgIpc) is 2.72. The van der Waals surface area contributed by atoms with E-state index in [-0.39, 0.29) is 13.0 Å². The Morgan fingerprint density at radius 2 is 2.20 bits per heavy atom. The van der Waals surface area contributed by atoms with Crippen molar-refractivity contribution in [3.05, 3.63) is 22.7 Å². The van der Waals surface area contributed by atoms with Crippen LogP contribution in [0.3, 0.4) is 0 Å². The van der Waals surface area contributed by atoms with Gasteiger partial charge in [-0.3, -0.25) is 4.79 Å². The van der Waals surface area contributed by atoms with Crippen LogP contribution in [-0.2, 0) is 15.0 Å². The Balaban J connectivity index is 2.29. The topological polar surface area (TPSA) is 78.2 Å². The van der Waals surface area contributed by atoms with Gasteiger partial charge in [0.2, 0.25) is 5.91 Å². The van der Waals surface area contributed by atoms with Gasteiger partial charge in [-0.1, -0.05) is 0 Å². The van der Waals surface area contributed by atoms with Crippen LogP contribution in [0.5, 0.6) is 0 Å². The van der Waals surface area contributed by atoms with Crippen molar-refractivity contribution in [3.8, 4) is 5.40 Å². The van der Waals surface area contributed by atoms with Gasteiger partial charge in [0, 0.05) is 22.3 Å². The summed E-state index contributed by atoms with van der Waals surface area (Å²) in [6.07, 6.45) is -0.361. The van der Waals surface area contributed by atoms with E-state index in [4.69, 9.17) is 5.26 Å². The second-order valence-electron chi connectivity index (χ2n) is 4.11. The maximum Gasteiger partial charge on any atom is 0.307 e. The van der Waals surface area contributed by atoms with Gasteiger partial charge in [0.15, 0.2) is 0 Å². The fourth-order valence-electron chi connectivity index (χ4n) is 1.92. The standard InChI is InChI=1S/C11H8BrFN2O3S2/c12-9-3-7(19-6-14)1-2-10(9)15-5-8(4-11(15)16)20(13,17)18/h1-3,8H,4-5H2. The molecule has 1 aliphatic rings. The first-order chi connectivity index (χ1) is 9.32. The van der Waals surface area contributed by atoms with E-state index in [0.29, 0.717) is 15.1 Å². The van der Waals surface area contributed by atoms with Crippen LogP contribution in [0.15, 0.2) is 27.6 Å². The van der Waals surface area contributed by atoms with Crippen LogP contribution in [-0.4, -0.2) is 26.1 Å². The Morgan fingerprint density at radius 1 is 1.50 bits per heavy atom. The predicted octanol–water partition coefficient (Wildman–Crippen LogP) is 2.43. The highest BCUT2D eigenvalue weighted by Crippen LogP contribution is 2.34. The second-order valence-corrected chi connectivity index (χ2v) is 7.44. The number of thioether (sulfide) groups is 1. The summed E-state index contributed by atoms with van der Waals surface area (Å²) in [5.41, 5.74) is 0.462. The van der Waals surface area contributed by atoms with Crippen LogP contribution in [0.4, 0.5) is 9.57 Å². The Bertz CT molecular complexity index is 702. The molecule has 0 aliphatic carbocycles. The molecule has 2 rings (SSSR count). The number of hydrogen-bond donors (Lipinski definition) is 0. The second kappa shape index (κ2) is 5.71. The molecule has 1 saturated heterocycles. The molecular formula is C11H8BrFN2O3S2. The molecule has 0 N–H and O–H groups in total. The Morgan fingerprint density at radius 3 is 2.70 bits per heavy atom. The van der Waals surface area contributed by atoms with Gasteiger partial charge in [0.05, 0.1) is 5.69 Å². The van der Waals surface area contributed by atoms with E-state index in [1.807, 2.05) is 5.40 Å². The zero-order valence-corrected chi connectivity index (χ0v) is 13.1. The third-order valence-corrected chi connectivity index (χ3v) is 5.19. The summed E-state index contributed by atoms with van der Waals surface area (Å²) < 4.78 is 35.3. The summed E-state index contributed by atoms with van der Waals surface area (Å²) in [5, 5.41) is 9.18. The summed E-state index contributed by atoms with van der Waals surface area (Å²) in [5.74, 6) is -0.447. The molecule has 1 unspecified atom stereocenters. The molecule has 0 aromatic heterocycles. The fraction of sp³-hybridized carbons (Fsp3) is 0.273. The first-order valence-electron chi connectivity index (χ1n) is 5.42. The average molecular weight is 379 g/mol. The number of benzene rings is 1. The third kappa shape index (κ3) is 3.13. The van der Waals surface area contributed by atoms with Crippen molar-refractivity contribution in [3.63, 3.8) is 0 Å². The van der Waals surface area contributed by atoms with Crippen molar-refractivity contribution in [2.75, 3.05) is 11.4 Å². The number of carbonyl (C=O) groups excluding carboxylic acids is 1. The van der Waals surface area contributed by atoms with Gasteiger partial charge in [-0.15, -0.1) is 3.89 Å². The van der Waals surface area contributed by atoms with Gasteiger partial charge in [-0.2, -0.15) is 13.7 Å². The smallest absolute Gasteiger partial charge is 0.307 e. The van der Waals surface area contributed by atoms with Crippen LogP contribution >= 0.6 is 27.7 Å². The van der Waals surface area contributed by atoms with E-state index < -0.39 is 21.4 Å². The van der Waals surface area contributed by atoms with Crippen molar-refractivity contribution in [1.29, 1.82) is 5.26 Å². The van der Waals surface area contributed by atoms with Crippen molar-refractivity contribution in [2.45, 2.75) is 16.6 Å². The van der Waals surface area contributed by atoms with E-state index in [2.05, 4.69) is 15.9 Å². The fourth-order valence-corrected chi connectivity index (χ4v) is 3.75. The SMILES string of the molecule is N#CSc1ccc(N2CC(S(=O)(=O)F)CC2=O)c(Br)c1. The molecule has 0 saturated carbocycles. The molecule has 0 bridgehead atoms. The van der Waals surface area contributed by atoms with Gasteiger partial charge in [0.25, 0.3) is 0 Å². The highest BCUT2D eigenvalue weighted by molar-refractivity contribution is 9.10. The van der Waals surface area contributed by atoms with Crippen LogP contribution in [0, 0.1) is 10.7 Å². The first kappa shape index (κ1) is 15.3. The number of nitriles is 1. The van der Waals surface area contributed by atoms with Gasteiger partial charge >= 0.3 is 10.2 Å². The summed E-state index contributed by atoms with van der Waals surface area (Å²) >= 11 is 4.23. The van der Waals surface area contributed by atoms with E-state index >= 15 is 0 Å². The molecule has 1 aromatic rings. The zero-order valence-electron chi connectivity index (χ0n) is 9.92. The third-order valence-electron chi connectivity index (χ3n) is 2.86. The van der Waals surface area contributed by atoms with Crippen molar-refractivity contribution in [1.82, 2.24) is 0 Å². The molecule has 0 spiro atoms. The van der Waals surface area contributed by atoms with Gasteiger partial charge in [-0.05, 0) is 45.9 Å². The summed E-state index contributed by atoms with van der Waals surface area (Å²) in [6, 6.07) is 4.88. The number of hydrogen-bond acceptors (Lipinski definition) is 5. The maximum atomic E-state index is 13.0. The maximum absolute atomic E-state index is 13.0. The number of thiocyanates is 1. The van der Waals surface area contributed by atoms with Crippen LogP contribution in [0.25, 0.3) is 0 Å². The largest absolute Gasteiger partial charge is 0.310 e. The van der Waals surface area contributed by atoms with E-state index in [1.165, 1.54) is 4.90 Å². The molecule has 1 amide bonds. The van der Waals surface area contributed by atoms with Crippen LogP contribution in [0.2, 0.25) is 0 Å². The molecule has 20 heavy (non-hydrogen) atoms. The number of nitrogens with zero attached hydrogens (tertiary/aromatic N) is 2. The highest BCUT2D eigenvalue weighted by Gasteiger charge is 2.39. The lowest BCUT2D eigenvalue weighted by molar-refractivity contribution is -0.117. The number of rotatable bonds is 3. The molecule has 5 nitrogen and oxygen atoms in total. The minimum Gasteiger partial charge on any atom is -0.310 e. The molecule has 0 radical (unpaired) electrons. The van der Waals surface area contributed by atoms with Gasteiger partial charge in [-0.25, -0.2) is 0 Å². The minimum atomic E-state index is -4.73. The molecule has 1 aliphatic heterocycles. The van der Waals surface area contributed by atoms with Gasteiger partial charge < -0.3 is 4.90 Å². The zero-order chi connectivity index (χ0) is 14.9. The summed E-state index contributed by atoms with van der Waals surface area (Å²) in [4.78, 5) is 13.7.